The Morgan fingerprint density at radius 2 is 1.68 bits per heavy atom. The summed E-state index contributed by atoms with van der Waals surface area (Å²) < 4.78 is 12.4. The van der Waals surface area contributed by atoms with E-state index in [0.29, 0.717) is 21.9 Å². The van der Waals surface area contributed by atoms with Crippen LogP contribution in [0.5, 0.6) is 11.5 Å². The van der Waals surface area contributed by atoms with Crippen molar-refractivity contribution in [2.45, 2.75) is 70.8 Å². The number of amides is 1. The summed E-state index contributed by atoms with van der Waals surface area (Å²) in [5, 5.41) is 13.7. The maximum atomic E-state index is 13.3. The standard InChI is InChI=1S/C30H33BrN2O3S/c1-35-27-17-12-21(18-22(27)20-36-24-15-13-23(31)14-16-24)29(34)33-30-26(19-32)25-10-8-6-4-2-3-5-7-9-11-28(25)37-30/h12-18H,2-11,20H2,1H3,(H,33,34). The van der Waals surface area contributed by atoms with Gasteiger partial charge in [0.2, 0.25) is 0 Å². The van der Waals surface area contributed by atoms with E-state index < -0.39 is 0 Å². The number of halogens is 1. The van der Waals surface area contributed by atoms with E-state index in [1.54, 1.807) is 36.6 Å². The lowest BCUT2D eigenvalue weighted by Crippen LogP contribution is -2.13. The van der Waals surface area contributed by atoms with Crippen LogP contribution in [0.25, 0.3) is 0 Å². The summed E-state index contributed by atoms with van der Waals surface area (Å²) >= 11 is 5.00. The Labute approximate surface area is 231 Å². The summed E-state index contributed by atoms with van der Waals surface area (Å²) in [6.07, 6.45) is 11.7. The van der Waals surface area contributed by atoms with Crippen LogP contribution >= 0.6 is 27.3 Å². The predicted octanol–water partition coefficient (Wildman–Crippen LogP) is 8.44. The molecule has 0 fully saturated rings. The highest BCUT2D eigenvalue weighted by molar-refractivity contribution is 9.10. The van der Waals surface area contributed by atoms with Gasteiger partial charge in [-0.05, 0) is 73.7 Å². The number of nitrogens with zero attached hydrogens (tertiary/aromatic N) is 1. The summed E-state index contributed by atoms with van der Waals surface area (Å²) in [5.41, 5.74) is 3.05. The highest BCUT2D eigenvalue weighted by atomic mass is 79.9. The number of methoxy groups -OCH3 is 1. The van der Waals surface area contributed by atoms with Crippen molar-refractivity contribution in [1.29, 1.82) is 5.26 Å². The summed E-state index contributed by atoms with van der Waals surface area (Å²) in [5.74, 6) is 1.15. The van der Waals surface area contributed by atoms with Gasteiger partial charge in [0.25, 0.3) is 5.91 Å². The molecule has 0 saturated carbocycles. The zero-order valence-corrected chi connectivity index (χ0v) is 23.7. The molecule has 37 heavy (non-hydrogen) atoms. The molecule has 4 rings (SSSR count). The Kier molecular flexibility index (Phi) is 10.0. The fourth-order valence-corrected chi connectivity index (χ4v) is 6.23. The molecule has 5 nitrogen and oxygen atoms in total. The zero-order valence-electron chi connectivity index (χ0n) is 21.3. The number of carbonyl (C=O) groups excluding carboxylic acids is 1. The fourth-order valence-electron chi connectivity index (χ4n) is 4.73. The van der Waals surface area contributed by atoms with Crippen molar-refractivity contribution < 1.29 is 14.3 Å². The average molecular weight is 582 g/mol. The number of fused-ring (bicyclic) bond motifs is 1. The summed E-state index contributed by atoms with van der Waals surface area (Å²) in [4.78, 5) is 14.5. The Bertz CT molecular complexity index is 1250. The third-order valence-electron chi connectivity index (χ3n) is 6.76. The Morgan fingerprint density at radius 3 is 2.35 bits per heavy atom. The lowest BCUT2D eigenvalue weighted by molar-refractivity contribution is 0.102. The van der Waals surface area contributed by atoms with E-state index in [4.69, 9.17) is 9.47 Å². The first-order valence-electron chi connectivity index (χ1n) is 13.0. The highest BCUT2D eigenvalue weighted by Gasteiger charge is 2.21. The van der Waals surface area contributed by atoms with E-state index in [2.05, 4.69) is 27.3 Å². The molecule has 0 saturated heterocycles. The second-order valence-electron chi connectivity index (χ2n) is 9.37. The molecule has 3 aromatic rings. The molecule has 0 atom stereocenters. The molecule has 1 amide bonds. The molecule has 1 aromatic heterocycles. The van der Waals surface area contributed by atoms with Gasteiger partial charge < -0.3 is 14.8 Å². The molecule has 0 spiro atoms. The zero-order chi connectivity index (χ0) is 26.0. The Hall–Kier alpha value is -2.82. The third kappa shape index (κ3) is 7.37. The first-order valence-corrected chi connectivity index (χ1v) is 14.6. The van der Waals surface area contributed by atoms with Gasteiger partial charge in [0.15, 0.2) is 0 Å². The van der Waals surface area contributed by atoms with E-state index in [1.165, 1.54) is 43.4 Å². The van der Waals surface area contributed by atoms with Gasteiger partial charge >= 0.3 is 0 Å². The van der Waals surface area contributed by atoms with E-state index in [-0.39, 0.29) is 12.5 Å². The van der Waals surface area contributed by atoms with Gasteiger partial charge in [-0.1, -0.05) is 54.5 Å². The number of anilines is 1. The smallest absolute Gasteiger partial charge is 0.256 e. The van der Waals surface area contributed by atoms with Crippen molar-refractivity contribution in [3.05, 3.63) is 74.1 Å². The number of aryl methyl sites for hydroxylation is 1. The molecule has 7 heteroatoms. The van der Waals surface area contributed by atoms with Crippen molar-refractivity contribution in [3.8, 4) is 17.6 Å². The molecule has 0 bridgehead atoms. The first kappa shape index (κ1) is 27.2. The van der Waals surface area contributed by atoms with Gasteiger partial charge in [0, 0.05) is 20.5 Å². The van der Waals surface area contributed by atoms with Gasteiger partial charge in [0.05, 0.1) is 12.7 Å². The lowest BCUT2D eigenvalue weighted by Gasteiger charge is -2.12. The van der Waals surface area contributed by atoms with E-state index in [1.807, 2.05) is 24.3 Å². The molecule has 2 aromatic carbocycles. The number of nitriles is 1. The average Bonchev–Trinajstić information content (AvgIpc) is 3.23. The van der Waals surface area contributed by atoms with Crippen molar-refractivity contribution in [3.63, 3.8) is 0 Å². The van der Waals surface area contributed by atoms with E-state index in [0.717, 1.165) is 47.0 Å². The summed E-state index contributed by atoms with van der Waals surface area (Å²) in [6.45, 7) is 0.267. The minimum Gasteiger partial charge on any atom is -0.496 e. The molecule has 1 N–H and O–H groups in total. The maximum Gasteiger partial charge on any atom is 0.256 e. The van der Waals surface area contributed by atoms with E-state index >= 15 is 0 Å². The molecule has 194 valence electrons. The Morgan fingerprint density at radius 1 is 1.00 bits per heavy atom. The minimum atomic E-state index is -0.235. The number of hydrogen-bond acceptors (Lipinski definition) is 5. The second-order valence-corrected chi connectivity index (χ2v) is 11.4. The van der Waals surface area contributed by atoms with E-state index in [9.17, 15) is 10.1 Å². The van der Waals surface area contributed by atoms with Crippen molar-refractivity contribution in [1.82, 2.24) is 0 Å². The summed E-state index contributed by atoms with van der Waals surface area (Å²) in [7, 11) is 1.60. The van der Waals surface area contributed by atoms with Crippen LogP contribution in [0.4, 0.5) is 5.00 Å². The number of nitrogens with one attached hydrogen (secondary N) is 1. The van der Waals surface area contributed by atoms with Gasteiger partial charge in [-0.3, -0.25) is 4.79 Å². The van der Waals surface area contributed by atoms with Crippen LogP contribution in [0.2, 0.25) is 0 Å². The maximum absolute atomic E-state index is 13.3. The van der Waals surface area contributed by atoms with Crippen molar-refractivity contribution in [2.75, 3.05) is 12.4 Å². The van der Waals surface area contributed by atoms with Crippen LogP contribution in [0.1, 0.15) is 83.3 Å². The topological polar surface area (TPSA) is 71.3 Å². The van der Waals surface area contributed by atoms with Gasteiger partial charge in [-0.25, -0.2) is 0 Å². The van der Waals surface area contributed by atoms with Crippen LogP contribution < -0.4 is 14.8 Å². The lowest BCUT2D eigenvalue weighted by atomic mass is 9.98. The van der Waals surface area contributed by atoms with Crippen LogP contribution in [-0.4, -0.2) is 13.0 Å². The van der Waals surface area contributed by atoms with Crippen LogP contribution in [-0.2, 0) is 19.4 Å². The van der Waals surface area contributed by atoms with Crippen LogP contribution in [0.15, 0.2) is 46.9 Å². The number of benzene rings is 2. The van der Waals surface area contributed by atoms with Crippen LogP contribution in [0.3, 0.4) is 0 Å². The molecule has 0 aliphatic heterocycles. The minimum absolute atomic E-state index is 0.235. The quantitative estimate of drug-likeness (QED) is 0.317. The van der Waals surface area contributed by atoms with Gasteiger partial charge in [-0.15, -0.1) is 11.3 Å². The SMILES string of the molecule is COc1ccc(C(=O)Nc2sc3c(c2C#N)CCCCCCCCCC3)cc1COc1ccc(Br)cc1. The first-order chi connectivity index (χ1) is 18.1. The normalized spacial score (nSPS) is 14.4. The number of ether oxygens (including phenoxy) is 2. The third-order valence-corrected chi connectivity index (χ3v) is 8.50. The summed E-state index contributed by atoms with van der Waals surface area (Å²) in [6, 6.07) is 15.3. The monoisotopic (exact) mass is 580 g/mol. The molecular weight excluding hydrogens is 548 g/mol. The second kappa shape index (κ2) is 13.6. The fraction of sp³-hybridized carbons (Fsp3) is 0.400. The van der Waals surface area contributed by atoms with Crippen LogP contribution in [0, 0.1) is 11.3 Å². The largest absolute Gasteiger partial charge is 0.496 e. The molecule has 1 aliphatic rings. The Balaban J connectivity index is 1.52. The van der Waals surface area contributed by atoms with Crippen molar-refractivity contribution in [2.24, 2.45) is 0 Å². The predicted molar refractivity (Wildman–Crippen MR) is 153 cm³/mol. The van der Waals surface area contributed by atoms with Gasteiger partial charge in [-0.2, -0.15) is 5.26 Å². The highest BCUT2D eigenvalue weighted by Crippen LogP contribution is 2.36. The molecule has 0 radical (unpaired) electrons. The molecular formula is C30H33BrN2O3S. The molecule has 0 unspecified atom stereocenters. The number of carbonyl (C=O) groups is 1. The molecule has 1 aliphatic carbocycles. The van der Waals surface area contributed by atoms with Crippen molar-refractivity contribution >= 4 is 38.2 Å². The number of thiophene rings is 1. The number of rotatable bonds is 6. The number of hydrogen-bond donors (Lipinski definition) is 1. The molecule has 1 heterocycles. The van der Waals surface area contributed by atoms with Gasteiger partial charge in [0.1, 0.15) is 29.2 Å².